The summed E-state index contributed by atoms with van der Waals surface area (Å²) >= 11 is 6.58. The van der Waals surface area contributed by atoms with Crippen LogP contribution in [0.2, 0.25) is 5.02 Å². The lowest BCUT2D eigenvalue weighted by Gasteiger charge is -2.34. The van der Waals surface area contributed by atoms with Gasteiger partial charge in [0.25, 0.3) is 5.91 Å². The van der Waals surface area contributed by atoms with Gasteiger partial charge in [-0.2, -0.15) is 5.10 Å². The van der Waals surface area contributed by atoms with E-state index in [4.69, 9.17) is 11.6 Å². The second-order valence-electron chi connectivity index (χ2n) is 10.2. The van der Waals surface area contributed by atoms with Crippen molar-refractivity contribution in [3.63, 3.8) is 0 Å². The number of nitrogens with zero attached hydrogens (tertiary/aromatic N) is 6. The average Bonchev–Trinajstić information content (AvgIpc) is 3.47. The predicted molar refractivity (Wildman–Crippen MR) is 154 cm³/mol. The highest BCUT2D eigenvalue weighted by Gasteiger charge is 2.33. The Morgan fingerprint density at radius 1 is 1.00 bits per heavy atom. The molecular formula is C29H32ClN7O4. The number of fused-ring (bicyclic) bond motifs is 1. The number of piperazine rings is 1. The number of carbonyl (C=O) groups excluding carboxylic acids is 4. The molecule has 41 heavy (non-hydrogen) atoms. The van der Waals surface area contributed by atoms with Crippen LogP contribution in [0.15, 0.2) is 60.9 Å². The van der Waals surface area contributed by atoms with Crippen LogP contribution in [0.25, 0.3) is 5.69 Å². The van der Waals surface area contributed by atoms with Crippen molar-refractivity contribution in [2.24, 2.45) is 0 Å². The van der Waals surface area contributed by atoms with E-state index in [1.54, 1.807) is 60.9 Å². The van der Waals surface area contributed by atoms with Crippen LogP contribution >= 0.6 is 11.6 Å². The van der Waals surface area contributed by atoms with Gasteiger partial charge in [-0.15, -0.1) is 0 Å². The highest BCUT2D eigenvalue weighted by molar-refractivity contribution is 6.34. The Hall–Kier alpha value is -4.38. The summed E-state index contributed by atoms with van der Waals surface area (Å²) in [4.78, 5) is 58.1. The van der Waals surface area contributed by atoms with E-state index in [9.17, 15) is 19.2 Å². The first-order chi connectivity index (χ1) is 19.7. The number of para-hydroxylation sites is 1. The molecule has 0 saturated carbocycles. The second kappa shape index (κ2) is 12.0. The standard InChI is InChI=1S/C29H32ClN7O4/c1-20-18-36(28(40)24-9-8-23(16-25(24)30)37-11-5-10-32-37)26-7-4-3-6-22(26)19-35(20)29(41)31-17-27(39)34-14-12-33(13-15-34)21(2)38/h3-11,16,20H,12-15,17-19H2,1-2H3,(H,31,41)/t20-/m1/s1. The van der Waals surface area contributed by atoms with E-state index in [1.807, 2.05) is 31.2 Å². The molecule has 11 nitrogen and oxygen atoms in total. The minimum absolute atomic E-state index is 0.0122. The fraction of sp³-hybridized carbons (Fsp3) is 0.345. The number of nitrogens with one attached hydrogen (secondary N) is 1. The molecule has 3 aromatic rings. The Morgan fingerprint density at radius 2 is 1.73 bits per heavy atom. The van der Waals surface area contributed by atoms with Gasteiger partial charge in [-0.1, -0.05) is 29.8 Å². The lowest BCUT2D eigenvalue weighted by atomic mass is 10.1. The lowest BCUT2D eigenvalue weighted by molar-refractivity contribution is -0.137. The first-order valence-corrected chi connectivity index (χ1v) is 13.9. The SMILES string of the molecule is CC(=O)N1CCN(C(=O)CNC(=O)N2Cc3ccccc3N(C(=O)c3ccc(-n4cccn4)cc3Cl)C[C@H]2C)CC1. The number of carbonyl (C=O) groups is 4. The van der Waals surface area contributed by atoms with E-state index in [1.165, 1.54) is 6.92 Å². The van der Waals surface area contributed by atoms with Gasteiger partial charge in [0.05, 0.1) is 22.8 Å². The van der Waals surface area contributed by atoms with E-state index in [0.717, 1.165) is 11.3 Å². The minimum atomic E-state index is -0.390. The zero-order valence-corrected chi connectivity index (χ0v) is 23.8. The summed E-state index contributed by atoms with van der Waals surface area (Å²) in [6.45, 7) is 5.58. The molecule has 0 unspecified atom stereocenters. The van der Waals surface area contributed by atoms with E-state index in [-0.39, 0.29) is 49.4 Å². The van der Waals surface area contributed by atoms with Crippen molar-refractivity contribution < 1.29 is 19.2 Å². The van der Waals surface area contributed by atoms with Crippen molar-refractivity contribution in [3.8, 4) is 5.69 Å². The highest BCUT2D eigenvalue weighted by atomic mass is 35.5. The monoisotopic (exact) mass is 577 g/mol. The molecular weight excluding hydrogens is 546 g/mol. The van der Waals surface area contributed by atoms with Crippen molar-refractivity contribution in [3.05, 3.63) is 77.1 Å². The van der Waals surface area contributed by atoms with Crippen molar-refractivity contribution in [2.45, 2.75) is 26.4 Å². The molecule has 0 aliphatic carbocycles. The molecule has 12 heteroatoms. The van der Waals surface area contributed by atoms with Crippen LogP contribution in [0.5, 0.6) is 0 Å². The van der Waals surface area contributed by atoms with E-state index in [2.05, 4.69) is 10.4 Å². The normalized spacial score (nSPS) is 17.1. The highest BCUT2D eigenvalue weighted by Crippen LogP contribution is 2.30. The summed E-state index contributed by atoms with van der Waals surface area (Å²) in [5, 5.41) is 7.27. The molecule has 3 heterocycles. The van der Waals surface area contributed by atoms with Crippen molar-refractivity contribution >= 4 is 41.0 Å². The predicted octanol–water partition coefficient (Wildman–Crippen LogP) is 2.78. The topological polar surface area (TPSA) is 111 Å². The minimum Gasteiger partial charge on any atom is -0.339 e. The molecule has 2 aliphatic heterocycles. The summed E-state index contributed by atoms with van der Waals surface area (Å²) in [5.74, 6) is -0.486. The van der Waals surface area contributed by atoms with Crippen LogP contribution in [0.1, 0.15) is 29.8 Å². The van der Waals surface area contributed by atoms with E-state index < -0.39 is 0 Å². The molecule has 0 spiro atoms. The molecule has 214 valence electrons. The van der Waals surface area contributed by atoms with Crippen LogP contribution in [-0.4, -0.2) is 93.5 Å². The van der Waals surface area contributed by atoms with E-state index in [0.29, 0.717) is 42.5 Å². The largest absolute Gasteiger partial charge is 0.339 e. The summed E-state index contributed by atoms with van der Waals surface area (Å²) < 4.78 is 1.66. The van der Waals surface area contributed by atoms with Crippen LogP contribution in [-0.2, 0) is 16.1 Å². The number of hydrogen-bond donors (Lipinski definition) is 1. The van der Waals surface area contributed by atoms with Crippen molar-refractivity contribution in [1.82, 2.24) is 29.8 Å². The number of urea groups is 1. The number of hydrogen-bond acceptors (Lipinski definition) is 5. The Kier molecular flexibility index (Phi) is 8.25. The van der Waals surface area contributed by atoms with E-state index >= 15 is 0 Å². The molecule has 5 rings (SSSR count). The number of halogens is 1. The smallest absolute Gasteiger partial charge is 0.318 e. The van der Waals surface area contributed by atoms with Crippen molar-refractivity contribution in [1.29, 1.82) is 0 Å². The summed E-state index contributed by atoms with van der Waals surface area (Å²) in [5.41, 5.74) is 2.58. The molecule has 1 saturated heterocycles. The molecule has 0 radical (unpaired) electrons. The first-order valence-electron chi connectivity index (χ1n) is 13.5. The third-order valence-corrected chi connectivity index (χ3v) is 7.84. The van der Waals surface area contributed by atoms with Crippen LogP contribution < -0.4 is 10.2 Å². The maximum atomic E-state index is 13.8. The Morgan fingerprint density at radius 3 is 2.41 bits per heavy atom. The zero-order chi connectivity index (χ0) is 29.1. The lowest BCUT2D eigenvalue weighted by Crippen LogP contribution is -2.54. The summed E-state index contributed by atoms with van der Waals surface area (Å²) in [7, 11) is 0. The molecule has 1 N–H and O–H groups in total. The molecule has 1 aromatic heterocycles. The molecule has 0 bridgehead atoms. The molecule has 1 fully saturated rings. The van der Waals surface area contributed by atoms with Crippen LogP contribution in [0.4, 0.5) is 10.5 Å². The van der Waals surface area contributed by atoms with Crippen LogP contribution in [0, 0.1) is 0 Å². The summed E-state index contributed by atoms with van der Waals surface area (Å²) in [6.07, 6.45) is 3.46. The summed E-state index contributed by atoms with van der Waals surface area (Å²) in [6, 6.07) is 13.7. The first kappa shape index (κ1) is 28.2. The number of rotatable bonds is 4. The number of aromatic nitrogens is 2. The van der Waals surface area contributed by atoms with Gasteiger partial charge in [0, 0.05) is 70.3 Å². The number of amides is 5. The van der Waals surface area contributed by atoms with Gasteiger partial charge >= 0.3 is 6.03 Å². The third-order valence-electron chi connectivity index (χ3n) is 7.53. The van der Waals surface area contributed by atoms with Gasteiger partial charge < -0.3 is 24.9 Å². The number of benzene rings is 2. The fourth-order valence-corrected chi connectivity index (χ4v) is 5.45. The Balaban J connectivity index is 1.29. The van der Waals surface area contributed by atoms with Gasteiger partial charge in [0.2, 0.25) is 11.8 Å². The quantitative estimate of drug-likeness (QED) is 0.513. The molecule has 2 aromatic carbocycles. The van der Waals surface area contributed by atoms with Gasteiger partial charge in [-0.3, -0.25) is 14.4 Å². The molecule has 2 aliphatic rings. The Bertz CT molecular complexity index is 1450. The van der Waals surface area contributed by atoms with Gasteiger partial charge in [-0.25, -0.2) is 9.48 Å². The fourth-order valence-electron chi connectivity index (χ4n) is 5.19. The van der Waals surface area contributed by atoms with Crippen LogP contribution in [0.3, 0.4) is 0 Å². The molecule has 1 atom stereocenters. The van der Waals surface area contributed by atoms with Crippen molar-refractivity contribution in [2.75, 3.05) is 44.2 Å². The maximum absolute atomic E-state index is 13.8. The maximum Gasteiger partial charge on any atom is 0.318 e. The Labute approximate surface area is 243 Å². The van der Waals surface area contributed by atoms with Gasteiger partial charge in [0.15, 0.2) is 0 Å². The second-order valence-corrected chi connectivity index (χ2v) is 10.6. The van der Waals surface area contributed by atoms with Gasteiger partial charge in [0.1, 0.15) is 0 Å². The molecule has 5 amide bonds. The van der Waals surface area contributed by atoms with Gasteiger partial charge in [-0.05, 0) is 42.8 Å². The third kappa shape index (κ3) is 6.04. The number of anilines is 1. The average molecular weight is 578 g/mol. The zero-order valence-electron chi connectivity index (χ0n) is 23.0.